The maximum atomic E-state index is 14.6. The van der Waals surface area contributed by atoms with Crippen LogP contribution in [0.4, 0.5) is 4.39 Å². The lowest BCUT2D eigenvalue weighted by Gasteiger charge is -2.44. The average molecular weight is 581 g/mol. The van der Waals surface area contributed by atoms with Gasteiger partial charge >= 0.3 is 0 Å². The van der Waals surface area contributed by atoms with Gasteiger partial charge in [0.25, 0.3) is 0 Å². The summed E-state index contributed by atoms with van der Waals surface area (Å²) in [6, 6.07) is 13.8. The molecule has 222 valence electrons. The second-order valence-electron chi connectivity index (χ2n) is 12.9. The van der Waals surface area contributed by atoms with Crippen molar-refractivity contribution in [1.82, 2.24) is 14.5 Å². The molecule has 1 aliphatic rings. The van der Waals surface area contributed by atoms with Crippen LogP contribution in [0.15, 0.2) is 47.5 Å². The number of hydrogen-bond donors (Lipinski definition) is 0. The van der Waals surface area contributed by atoms with Gasteiger partial charge < -0.3 is 9.47 Å². The molecule has 1 unspecified atom stereocenters. The predicted molar refractivity (Wildman–Crippen MR) is 169 cm³/mol. The van der Waals surface area contributed by atoms with Crippen LogP contribution in [0.3, 0.4) is 0 Å². The molecule has 2 atom stereocenters. The third kappa shape index (κ3) is 7.20. The van der Waals surface area contributed by atoms with E-state index in [1.54, 1.807) is 12.1 Å². The van der Waals surface area contributed by atoms with Gasteiger partial charge in [0.15, 0.2) is 0 Å². The Morgan fingerprint density at radius 1 is 1.20 bits per heavy atom. The molecular weight excluding hydrogens is 535 g/mol. The number of piperidine rings is 1. The number of rotatable bonds is 10. The lowest BCUT2D eigenvalue weighted by molar-refractivity contribution is -0.141. The summed E-state index contributed by atoms with van der Waals surface area (Å²) in [5, 5.41) is 0.136. The fraction of sp³-hybridized carbons (Fsp3) is 0.559. The molecular formula is C34H46ClFN4O. The lowest BCUT2D eigenvalue weighted by atomic mass is 9.70. The van der Waals surface area contributed by atoms with Gasteiger partial charge in [0.1, 0.15) is 11.6 Å². The van der Waals surface area contributed by atoms with Crippen LogP contribution in [0.1, 0.15) is 90.6 Å². The molecule has 1 saturated heterocycles. The molecule has 1 aromatic heterocycles. The first kappa shape index (κ1) is 31.2. The Morgan fingerprint density at radius 2 is 1.90 bits per heavy atom. The van der Waals surface area contributed by atoms with Gasteiger partial charge in [-0.05, 0) is 68.4 Å². The van der Waals surface area contributed by atoms with Crippen molar-refractivity contribution in [3.8, 4) is 0 Å². The molecule has 0 radical (unpaired) electrons. The molecule has 0 spiro atoms. The number of imidazole rings is 1. The van der Waals surface area contributed by atoms with Gasteiger partial charge in [0.05, 0.1) is 16.1 Å². The number of carbonyl (C=O) groups is 1. The van der Waals surface area contributed by atoms with E-state index in [2.05, 4.69) is 49.8 Å². The van der Waals surface area contributed by atoms with E-state index in [-0.39, 0.29) is 22.4 Å². The van der Waals surface area contributed by atoms with Crippen molar-refractivity contribution in [2.75, 3.05) is 19.6 Å². The minimum Gasteiger partial charge on any atom is -0.342 e. The highest BCUT2D eigenvalue weighted by Crippen LogP contribution is 2.40. The SMILES string of the molecule is CCC(C)C[C@H](CC=NCCC1(c2ccc(Cl)c(F)c2)CCN(C(=O)C(C)(C)C)CC1)n1c(C)nc2ccccc21. The number of benzene rings is 2. The van der Waals surface area contributed by atoms with Crippen molar-refractivity contribution in [3.63, 3.8) is 0 Å². The smallest absolute Gasteiger partial charge is 0.227 e. The summed E-state index contributed by atoms with van der Waals surface area (Å²) in [6.07, 6.45) is 7.47. The first-order chi connectivity index (χ1) is 19.4. The molecule has 0 saturated carbocycles. The summed E-state index contributed by atoms with van der Waals surface area (Å²) in [5.74, 6) is 1.41. The number of fused-ring (bicyclic) bond motifs is 1. The highest BCUT2D eigenvalue weighted by molar-refractivity contribution is 6.30. The van der Waals surface area contributed by atoms with Crippen molar-refractivity contribution < 1.29 is 9.18 Å². The topological polar surface area (TPSA) is 50.5 Å². The number of halogens is 2. The molecule has 1 amide bonds. The zero-order valence-corrected chi connectivity index (χ0v) is 26.3. The number of hydrogen-bond acceptors (Lipinski definition) is 3. The number of aromatic nitrogens is 2. The Hall–Kier alpha value is -2.73. The third-order valence-corrected chi connectivity index (χ3v) is 9.22. The molecule has 3 aromatic rings. The summed E-state index contributed by atoms with van der Waals surface area (Å²) < 4.78 is 17.0. The van der Waals surface area contributed by atoms with Crippen molar-refractivity contribution in [1.29, 1.82) is 0 Å². The maximum Gasteiger partial charge on any atom is 0.227 e. The Morgan fingerprint density at radius 3 is 2.56 bits per heavy atom. The largest absolute Gasteiger partial charge is 0.342 e. The molecule has 2 aromatic carbocycles. The molecule has 1 fully saturated rings. The van der Waals surface area contributed by atoms with Crippen LogP contribution in [-0.2, 0) is 10.2 Å². The number of para-hydroxylation sites is 2. The Balaban J connectivity index is 1.50. The Labute approximate surface area is 250 Å². The first-order valence-electron chi connectivity index (χ1n) is 15.1. The van der Waals surface area contributed by atoms with Crippen LogP contribution >= 0.6 is 11.6 Å². The predicted octanol–water partition coefficient (Wildman–Crippen LogP) is 8.57. The van der Waals surface area contributed by atoms with Gasteiger partial charge in [-0.2, -0.15) is 0 Å². The minimum absolute atomic E-state index is 0.136. The highest BCUT2D eigenvalue weighted by Gasteiger charge is 2.39. The molecule has 0 N–H and O–H groups in total. The standard InChI is InChI=1S/C34H46ClFN4O/c1-7-24(2)22-27(40-25(3)38-30-10-8-9-11-31(30)40)14-18-37-19-15-34(26-12-13-28(35)29(36)23-26)16-20-39(21-17-34)32(41)33(4,5)6/h8-13,18,23-24,27H,7,14-17,19-22H2,1-6H3/t24?,27-/m0/s1. The summed E-state index contributed by atoms with van der Waals surface area (Å²) in [4.78, 5) is 24.6. The molecule has 7 heteroatoms. The van der Waals surface area contributed by atoms with Crippen molar-refractivity contribution in [2.24, 2.45) is 16.3 Å². The first-order valence-corrected chi connectivity index (χ1v) is 15.5. The number of carbonyl (C=O) groups excluding carboxylic acids is 1. The monoisotopic (exact) mass is 580 g/mol. The van der Waals surface area contributed by atoms with E-state index in [1.807, 2.05) is 37.8 Å². The van der Waals surface area contributed by atoms with Crippen LogP contribution in [0.25, 0.3) is 11.0 Å². The van der Waals surface area contributed by atoms with Gasteiger partial charge in [-0.3, -0.25) is 9.79 Å². The molecule has 0 aliphatic carbocycles. The van der Waals surface area contributed by atoms with E-state index < -0.39 is 11.2 Å². The normalized spacial score (nSPS) is 17.3. The number of aliphatic imine (C=N–C) groups is 1. The summed E-state index contributed by atoms with van der Waals surface area (Å²) in [6.45, 7) is 14.5. The van der Waals surface area contributed by atoms with Gasteiger partial charge in [0.2, 0.25) is 5.91 Å². The van der Waals surface area contributed by atoms with Crippen molar-refractivity contribution in [2.45, 2.75) is 91.5 Å². The van der Waals surface area contributed by atoms with Gasteiger partial charge in [-0.25, -0.2) is 9.37 Å². The van der Waals surface area contributed by atoms with E-state index in [9.17, 15) is 9.18 Å². The van der Waals surface area contributed by atoms with E-state index in [1.165, 1.54) is 5.52 Å². The van der Waals surface area contributed by atoms with E-state index in [4.69, 9.17) is 21.6 Å². The highest BCUT2D eigenvalue weighted by atomic mass is 35.5. The van der Waals surface area contributed by atoms with Gasteiger partial charge in [-0.1, -0.05) is 70.8 Å². The summed E-state index contributed by atoms with van der Waals surface area (Å²) in [5.41, 5.74) is 2.50. The molecule has 1 aliphatic heterocycles. The maximum absolute atomic E-state index is 14.6. The average Bonchev–Trinajstić information content (AvgIpc) is 3.28. The van der Waals surface area contributed by atoms with Crippen LogP contribution < -0.4 is 0 Å². The zero-order chi connectivity index (χ0) is 29.8. The molecule has 2 heterocycles. The van der Waals surface area contributed by atoms with Crippen LogP contribution in [0.5, 0.6) is 0 Å². The minimum atomic E-state index is -0.415. The number of nitrogens with zero attached hydrogens (tertiary/aromatic N) is 4. The number of aryl methyl sites for hydroxylation is 1. The number of amides is 1. The fourth-order valence-electron chi connectivity index (χ4n) is 6.25. The number of likely N-dealkylation sites (tertiary alicyclic amines) is 1. The van der Waals surface area contributed by atoms with Crippen LogP contribution in [0.2, 0.25) is 5.02 Å². The molecule has 5 nitrogen and oxygen atoms in total. The van der Waals surface area contributed by atoms with E-state index in [0.717, 1.165) is 55.4 Å². The van der Waals surface area contributed by atoms with E-state index >= 15 is 0 Å². The summed E-state index contributed by atoms with van der Waals surface area (Å²) in [7, 11) is 0. The van der Waals surface area contributed by atoms with Crippen molar-refractivity contribution >= 4 is 34.8 Å². The quantitative estimate of drug-likeness (QED) is 0.225. The van der Waals surface area contributed by atoms with Crippen molar-refractivity contribution in [3.05, 3.63) is 64.7 Å². The van der Waals surface area contributed by atoms with E-state index in [0.29, 0.717) is 25.6 Å². The summed E-state index contributed by atoms with van der Waals surface area (Å²) >= 11 is 6.03. The Bertz CT molecular complexity index is 1370. The molecule has 0 bridgehead atoms. The zero-order valence-electron chi connectivity index (χ0n) is 25.6. The second-order valence-corrected chi connectivity index (χ2v) is 13.4. The third-order valence-electron chi connectivity index (χ3n) is 8.92. The van der Waals surface area contributed by atoms with Gasteiger partial charge in [-0.15, -0.1) is 0 Å². The molecule has 4 rings (SSSR count). The molecule has 41 heavy (non-hydrogen) atoms. The fourth-order valence-corrected chi connectivity index (χ4v) is 6.37. The van der Waals surface area contributed by atoms with Gasteiger partial charge in [0, 0.05) is 49.1 Å². The lowest BCUT2D eigenvalue weighted by Crippen LogP contribution is -2.48. The van der Waals surface area contributed by atoms with Crippen LogP contribution in [0, 0.1) is 24.1 Å². The second kappa shape index (κ2) is 13.1. The van der Waals surface area contributed by atoms with Crippen LogP contribution in [-0.4, -0.2) is 46.2 Å². The Kier molecular flexibility index (Phi) is 9.94.